The number of hydrogen-bond donors (Lipinski definition) is 1. The van der Waals surface area contributed by atoms with Crippen LogP contribution in [0.1, 0.15) is 0 Å². The quantitative estimate of drug-likeness (QED) is 0.565. The van der Waals surface area contributed by atoms with E-state index in [1.165, 1.54) is 11.8 Å². The molecule has 0 saturated carbocycles. The third kappa shape index (κ3) is 2.39. The van der Waals surface area contributed by atoms with Gasteiger partial charge >= 0.3 is 0 Å². The molecule has 0 bridgehead atoms. The van der Waals surface area contributed by atoms with Gasteiger partial charge in [0.25, 0.3) is 0 Å². The minimum absolute atomic E-state index is 0. The number of halogens is 1. The first-order chi connectivity index (χ1) is 6.53. The van der Waals surface area contributed by atoms with Crippen LogP contribution in [0.2, 0.25) is 0 Å². The number of thioether (sulfide) groups is 1. The van der Waals surface area contributed by atoms with Crippen molar-refractivity contribution in [1.82, 2.24) is 4.90 Å². The van der Waals surface area contributed by atoms with Gasteiger partial charge < -0.3 is 21.9 Å². The van der Waals surface area contributed by atoms with E-state index in [0.29, 0.717) is 11.7 Å². The molecule has 2 heterocycles. The van der Waals surface area contributed by atoms with E-state index in [1.807, 2.05) is 4.90 Å². The zero-order valence-corrected chi connectivity index (χ0v) is 11.2. The monoisotopic (exact) mass is 311 g/mol. The molecular formula is C8H12BrN2O2S2-. The summed E-state index contributed by atoms with van der Waals surface area (Å²) in [4.78, 5) is 1.83. The van der Waals surface area contributed by atoms with Gasteiger partial charge in [0.15, 0.2) is 15.0 Å². The van der Waals surface area contributed by atoms with E-state index < -0.39 is 9.84 Å². The standard InChI is InChI=1S/C8H12N2O2S2.BrH/c1-2-3-10-6-4-14(11,12)5-7(6)13-8(10)9;/h2,6-7,9H,1,3-5H2;1H/p-1. The first kappa shape index (κ1) is 13.1. The van der Waals surface area contributed by atoms with Crippen LogP contribution in [-0.2, 0) is 9.84 Å². The highest BCUT2D eigenvalue weighted by molar-refractivity contribution is 8.15. The van der Waals surface area contributed by atoms with Crippen LogP contribution >= 0.6 is 11.8 Å². The summed E-state index contributed by atoms with van der Waals surface area (Å²) in [5.74, 6) is 0.416. The first-order valence-corrected chi connectivity index (χ1v) is 7.07. The normalized spacial score (nSPS) is 32.3. The van der Waals surface area contributed by atoms with Crippen LogP contribution in [0.25, 0.3) is 0 Å². The number of hydrogen-bond acceptors (Lipinski definition) is 4. The second-order valence-electron chi connectivity index (χ2n) is 3.55. The molecule has 0 aromatic carbocycles. The van der Waals surface area contributed by atoms with Gasteiger partial charge in [-0.05, 0) is 0 Å². The highest BCUT2D eigenvalue weighted by atomic mass is 79.9. The predicted molar refractivity (Wildman–Crippen MR) is 58.5 cm³/mol. The van der Waals surface area contributed by atoms with Crippen molar-refractivity contribution in [3.8, 4) is 0 Å². The zero-order valence-electron chi connectivity index (χ0n) is 8.02. The van der Waals surface area contributed by atoms with E-state index >= 15 is 0 Å². The van der Waals surface area contributed by atoms with Crippen LogP contribution in [0.4, 0.5) is 0 Å². The van der Waals surface area contributed by atoms with Crippen molar-refractivity contribution in [3.63, 3.8) is 0 Å². The average molecular weight is 312 g/mol. The minimum atomic E-state index is -2.87. The van der Waals surface area contributed by atoms with Crippen molar-refractivity contribution < 1.29 is 25.4 Å². The predicted octanol–water partition coefficient (Wildman–Crippen LogP) is -2.67. The lowest BCUT2D eigenvalue weighted by atomic mass is 10.2. The summed E-state index contributed by atoms with van der Waals surface area (Å²) >= 11 is 1.37. The Morgan fingerprint density at radius 2 is 2.27 bits per heavy atom. The van der Waals surface area contributed by atoms with E-state index in [1.54, 1.807) is 6.08 Å². The van der Waals surface area contributed by atoms with Crippen LogP contribution in [-0.4, -0.2) is 47.8 Å². The van der Waals surface area contributed by atoms with Gasteiger partial charge in [-0.2, -0.15) is 0 Å². The van der Waals surface area contributed by atoms with Crippen molar-refractivity contribution in [2.45, 2.75) is 11.3 Å². The van der Waals surface area contributed by atoms with Crippen molar-refractivity contribution in [3.05, 3.63) is 12.7 Å². The molecule has 2 atom stereocenters. The molecule has 2 fully saturated rings. The summed E-state index contributed by atoms with van der Waals surface area (Å²) in [5, 5.41) is 8.23. The van der Waals surface area contributed by atoms with Gasteiger partial charge in [-0.15, -0.1) is 6.58 Å². The van der Waals surface area contributed by atoms with Crippen LogP contribution < -0.4 is 17.0 Å². The molecule has 1 N–H and O–H groups in total. The van der Waals surface area contributed by atoms with Gasteiger partial charge in [-0.25, -0.2) is 8.42 Å². The van der Waals surface area contributed by atoms with E-state index in [9.17, 15) is 8.42 Å². The molecule has 0 aromatic heterocycles. The van der Waals surface area contributed by atoms with E-state index in [4.69, 9.17) is 5.41 Å². The number of rotatable bonds is 2. The molecule has 2 aliphatic rings. The largest absolute Gasteiger partial charge is 1.00 e. The minimum Gasteiger partial charge on any atom is -1.00 e. The van der Waals surface area contributed by atoms with E-state index in [2.05, 4.69) is 6.58 Å². The lowest BCUT2D eigenvalue weighted by Gasteiger charge is -2.21. The molecule has 0 aliphatic carbocycles. The topological polar surface area (TPSA) is 61.2 Å². The molecule has 2 rings (SSSR count). The summed E-state index contributed by atoms with van der Waals surface area (Å²) in [5.41, 5.74) is 0. The Balaban J connectivity index is 0.00000112. The third-order valence-electron chi connectivity index (χ3n) is 2.52. The Bertz CT molecular complexity index is 382. The third-order valence-corrected chi connectivity index (χ3v) is 5.69. The van der Waals surface area contributed by atoms with Crippen molar-refractivity contribution in [1.29, 1.82) is 5.41 Å². The lowest BCUT2D eigenvalue weighted by Crippen LogP contribution is -3.00. The molecule has 0 aromatic rings. The van der Waals surface area contributed by atoms with Gasteiger partial charge in [0.2, 0.25) is 0 Å². The molecule has 0 amide bonds. The maximum absolute atomic E-state index is 11.4. The van der Waals surface area contributed by atoms with Crippen molar-refractivity contribution in [2.75, 3.05) is 18.1 Å². The Labute approximate surface area is 104 Å². The fraction of sp³-hybridized carbons (Fsp3) is 0.625. The summed E-state index contributed by atoms with van der Waals surface area (Å²) in [6.07, 6.45) is 1.71. The second kappa shape index (κ2) is 4.47. The first-order valence-electron chi connectivity index (χ1n) is 4.36. The average Bonchev–Trinajstić information content (AvgIpc) is 2.47. The van der Waals surface area contributed by atoms with Gasteiger partial charge in [-0.3, -0.25) is 5.41 Å². The van der Waals surface area contributed by atoms with Gasteiger partial charge in [0, 0.05) is 11.8 Å². The van der Waals surface area contributed by atoms with Crippen molar-refractivity contribution in [2.24, 2.45) is 0 Å². The smallest absolute Gasteiger partial charge is 0.157 e. The summed E-state index contributed by atoms with van der Waals surface area (Å²) in [6, 6.07) is -0.00417. The SMILES string of the molecule is C=CCN1C(=N)SC2CS(=O)(=O)CC21.[Br-]. The summed E-state index contributed by atoms with van der Waals surface area (Å²) in [6.45, 7) is 4.18. The molecule has 2 aliphatic heterocycles. The molecule has 7 heteroatoms. The fourth-order valence-corrected chi connectivity index (χ4v) is 5.76. The maximum Gasteiger partial charge on any atom is 0.157 e. The number of nitrogens with one attached hydrogen (secondary N) is 1. The van der Waals surface area contributed by atoms with E-state index in [0.717, 1.165) is 0 Å². The van der Waals surface area contributed by atoms with Crippen molar-refractivity contribution >= 4 is 26.8 Å². The highest BCUT2D eigenvalue weighted by Gasteiger charge is 2.47. The second-order valence-corrected chi connectivity index (χ2v) is 6.93. The van der Waals surface area contributed by atoms with Gasteiger partial charge in [0.05, 0.1) is 17.5 Å². The molecular weight excluding hydrogens is 300 g/mol. The van der Waals surface area contributed by atoms with Crippen LogP contribution in [0.5, 0.6) is 0 Å². The van der Waals surface area contributed by atoms with Gasteiger partial charge in [-0.1, -0.05) is 17.8 Å². The number of amidine groups is 1. The number of nitrogens with zero attached hydrogens (tertiary/aromatic N) is 1. The molecule has 0 radical (unpaired) electrons. The Morgan fingerprint density at radius 3 is 2.87 bits per heavy atom. The summed E-state index contributed by atoms with van der Waals surface area (Å²) < 4.78 is 22.7. The molecule has 2 unspecified atom stereocenters. The fourth-order valence-electron chi connectivity index (χ4n) is 1.92. The Hall–Kier alpha value is -0.0100. The lowest BCUT2D eigenvalue weighted by molar-refractivity contribution is -0.00000555. The van der Waals surface area contributed by atoms with Gasteiger partial charge in [0.1, 0.15) is 0 Å². The Kier molecular flexibility index (Phi) is 3.89. The van der Waals surface area contributed by atoms with Crippen LogP contribution in [0.15, 0.2) is 12.7 Å². The molecule has 15 heavy (non-hydrogen) atoms. The van der Waals surface area contributed by atoms with Crippen LogP contribution in [0.3, 0.4) is 0 Å². The highest BCUT2D eigenvalue weighted by Crippen LogP contribution is 2.36. The van der Waals surface area contributed by atoms with E-state index in [-0.39, 0.29) is 39.8 Å². The zero-order chi connectivity index (χ0) is 10.3. The Morgan fingerprint density at radius 1 is 1.60 bits per heavy atom. The maximum atomic E-state index is 11.4. The molecule has 4 nitrogen and oxygen atoms in total. The number of sulfone groups is 1. The summed E-state index contributed by atoms with van der Waals surface area (Å²) in [7, 11) is -2.87. The number of fused-ring (bicyclic) bond motifs is 1. The van der Waals surface area contributed by atoms with Crippen LogP contribution in [0, 0.1) is 5.41 Å². The molecule has 86 valence electrons. The molecule has 2 saturated heterocycles. The molecule has 0 spiro atoms.